The Bertz CT molecular complexity index is 865. The maximum atomic E-state index is 12.3. The lowest BCUT2D eigenvalue weighted by Crippen LogP contribution is -2.13. The molecule has 0 atom stereocenters. The molecule has 0 aliphatic carbocycles. The number of nitriles is 1. The second-order valence-corrected chi connectivity index (χ2v) is 6.32. The Kier molecular flexibility index (Phi) is 7.19. The lowest BCUT2D eigenvalue weighted by atomic mass is 10.1. The van der Waals surface area contributed by atoms with E-state index in [-0.39, 0.29) is 5.57 Å². The van der Waals surface area contributed by atoms with Crippen LogP contribution in [-0.2, 0) is 11.2 Å². The van der Waals surface area contributed by atoms with Crippen molar-refractivity contribution in [3.05, 3.63) is 76.3 Å². The molecule has 0 radical (unpaired) electrons. The van der Waals surface area contributed by atoms with Gasteiger partial charge in [-0.1, -0.05) is 37.8 Å². The van der Waals surface area contributed by atoms with Crippen LogP contribution >= 0.6 is 15.9 Å². The van der Waals surface area contributed by atoms with E-state index in [1.165, 1.54) is 11.6 Å². The van der Waals surface area contributed by atoms with E-state index in [1.54, 1.807) is 24.3 Å². The molecular weight excluding hydrogens is 392 g/mol. The molecule has 0 saturated heterocycles. The van der Waals surface area contributed by atoms with Crippen molar-refractivity contribution >= 4 is 33.6 Å². The van der Waals surface area contributed by atoms with Gasteiger partial charge in [0.15, 0.2) is 0 Å². The minimum Gasteiger partial charge on any atom is -0.488 e. The smallest absolute Gasteiger partial charge is 0.266 e. The van der Waals surface area contributed by atoms with E-state index < -0.39 is 5.91 Å². The first-order valence-electron chi connectivity index (χ1n) is 8.12. The van der Waals surface area contributed by atoms with Crippen molar-refractivity contribution in [1.29, 1.82) is 5.26 Å². The average molecular weight is 411 g/mol. The predicted octanol–water partition coefficient (Wildman–Crippen LogP) is 5.12. The minimum absolute atomic E-state index is 0.0243. The molecule has 0 fully saturated rings. The number of carbonyl (C=O) groups excluding carboxylic acids is 1. The highest BCUT2D eigenvalue weighted by molar-refractivity contribution is 9.10. The number of ether oxygens (including phenoxy) is 1. The molecule has 2 rings (SSSR count). The Balaban J connectivity index is 2.15. The van der Waals surface area contributed by atoms with Crippen LogP contribution in [0.1, 0.15) is 18.1 Å². The zero-order valence-electron chi connectivity index (χ0n) is 14.5. The molecule has 132 valence electrons. The normalized spacial score (nSPS) is 10.7. The second kappa shape index (κ2) is 9.59. The van der Waals surface area contributed by atoms with Crippen LogP contribution in [-0.4, -0.2) is 12.5 Å². The molecule has 2 aromatic carbocycles. The number of aryl methyl sites for hydroxylation is 1. The van der Waals surface area contributed by atoms with Crippen molar-refractivity contribution in [3.8, 4) is 11.8 Å². The van der Waals surface area contributed by atoms with E-state index in [1.807, 2.05) is 30.3 Å². The number of halogens is 1. The van der Waals surface area contributed by atoms with Crippen molar-refractivity contribution in [1.82, 2.24) is 0 Å². The predicted molar refractivity (Wildman–Crippen MR) is 108 cm³/mol. The van der Waals surface area contributed by atoms with Crippen LogP contribution < -0.4 is 10.1 Å². The molecule has 0 unspecified atom stereocenters. The van der Waals surface area contributed by atoms with E-state index in [4.69, 9.17) is 4.74 Å². The van der Waals surface area contributed by atoms with Crippen molar-refractivity contribution in [3.63, 3.8) is 0 Å². The fourth-order valence-electron chi connectivity index (χ4n) is 2.21. The number of nitrogens with one attached hydrogen (secondary N) is 1. The maximum Gasteiger partial charge on any atom is 0.266 e. The Morgan fingerprint density at radius 3 is 2.62 bits per heavy atom. The molecule has 0 bridgehead atoms. The summed E-state index contributed by atoms with van der Waals surface area (Å²) in [7, 11) is 0. The summed E-state index contributed by atoms with van der Waals surface area (Å²) in [5, 5.41) is 12.1. The van der Waals surface area contributed by atoms with Gasteiger partial charge in [0, 0.05) is 5.69 Å². The highest BCUT2D eigenvalue weighted by Gasteiger charge is 2.10. The second-order valence-electron chi connectivity index (χ2n) is 5.46. The average Bonchev–Trinajstić information content (AvgIpc) is 2.66. The van der Waals surface area contributed by atoms with Crippen LogP contribution in [0.2, 0.25) is 0 Å². The van der Waals surface area contributed by atoms with E-state index in [0.717, 1.165) is 16.5 Å². The van der Waals surface area contributed by atoms with E-state index in [2.05, 4.69) is 34.7 Å². The van der Waals surface area contributed by atoms with Crippen LogP contribution in [0.25, 0.3) is 6.08 Å². The fourth-order valence-corrected chi connectivity index (χ4v) is 2.72. The van der Waals surface area contributed by atoms with Gasteiger partial charge in [-0.2, -0.15) is 5.26 Å². The molecule has 26 heavy (non-hydrogen) atoms. The summed E-state index contributed by atoms with van der Waals surface area (Å²) >= 11 is 3.42. The number of benzene rings is 2. The van der Waals surface area contributed by atoms with Gasteiger partial charge in [0.25, 0.3) is 5.91 Å². The molecule has 0 aliphatic rings. The quantitative estimate of drug-likeness (QED) is 0.391. The molecule has 5 heteroatoms. The lowest BCUT2D eigenvalue weighted by molar-refractivity contribution is -0.112. The first-order chi connectivity index (χ1) is 12.6. The number of amides is 1. The number of anilines is 1. The zero-order chi connectivity index (χ0) is 18.9. The number of nitrogens with zero attached hydrogens (tertiary/aromatic N) is 1. The summed E-state index contributed by atoms with van der Waals surface area (Å²) in [6, 6.07) is 14.8. The summed E-state index contributed by atoms with van der Waals surface area (Å²) < 4.78 is 6.22. The van der Waals surface area contributed by atoms with Crippen LogP contribution in [0, 0.1) is 11.3 Å². The topological polar surface area (TPSA) is 62.1 Å². The van der Waals surface area contributed by atoms with Crippen molar-refractivity contribution in [2.24, 2.45) is 0 Å². The van der Waals surface area contributed by atoms with E-state index >= 15 is 0 Å². The number of hydrogen-bond acceptors (Lipinski definition) is 3. The molecular formula is C21H19BrN2O2. The SMILES string of the molecule is C=CCOc1ccc(/C=C(\C#N)C(=O)Nc2ccc(CC)cc2)cc1Br. The fraction of sp³-hybridized carbons (Fsp3) is 0.143. The van der Waals surface area contributed by atoms with E-state index in [9.17, 15) is 10.1 Å². The highest BCUT2D eigenvalue weighted by Crippen LogP contribution is 2.27. The zero-order valence-corrected chi connectivity index (χ0v) is 16.0. The largest absolute Gasteiger partial charge is 0.488 e. The summed E-state index contributed by atoms with van der Waals surface area (Å²) in [5.74, 6) is 0.223. The van der Waals surface area contributed by atoms with Gasteiger partial charge in [0.05, 0.1) is 4.47 Å². The van der Waals surface area contributed by atoms with Gasteiger partial charge < -0.3 is 10.1 Å². The van der Waals surface area contributed by atoms with Gasteiger partial charge in [0.1, 0.15) is 24.0 Å². The Hall–Kier alpha value is -2.84. The van der Waals surface area contributed by atoms with Gasteiger partial charge in [0.2, 0.25) is 0 Å². The third-order valence-electron chi connectivity index (χ3n) is 3.61. The summed E-state index contributed by atoms with van der Waals surface area (Å²) in [6.45, 7) is 6.07. The molecule has 2 aromatic rings. The maximum absolute atomic E-state index is 12.3. The minimum atomic E-state index is -0.445. The Labute approximate surface area is 161 Å². The van der Waals surface area contributed by atoms with Crippen molar-refractivity contribution < 1.29 is 9.53 Å². The molecule has 1 amide bonds. The van der Waals surface area contributed by atoms with Crippen LogP contribution in [0.3, 0.4) is 0 Å². The summed E-state index contributed by atoms with van der Waals surface area (Å²) in [4.78, 5) is 12.3. The van der Waals surface area contributed by atoms with E-state index in [0.29, 0.717) is 18.0 Å². The molecule has 0 aliphatic heterocycles. The highest BCUT2D eigenvalue weighted by atomic mass is 79.9. The number of rotatable bonds is 7. The van der Waals surface area contributed by atoms with Gasteiger partial charge in [-0.25, -0.2) is 0 Å². The molecule has 0 heterocycles. The van der Waals surface area contributed by atoms with Crippen molar-refractivity contribution in [2.75, 3.05) is 11.9 Å². The lowest BCUT2D eigenvalue weighted by Gasteiger charge is -2.07. The van der Waals surface area contributed by atoms with Crippen LogP contribution in [0.4, 0.5) is 5.69 Å². The van der Waals surface area contributed by atoms with Gasteiger partial charge in [-0.05, 0) is 63.8 Å². The Morgan fingerprint density at radius 2 is 2.04 bits per heavy atom. The van der Waals surface area contributed by atoms with Crippen molar-refractivity contribution in [2.45, 2.75) is 13.3 Å². The Morgan fingerprint density at radius 1 is 1.31 bits per heavy atom. The summed E-state index contributed by atoms with van der Waals surface area (Å²) in [5.41, 5.74) is 2.58. The first-order valence-corrected chi connectivity index (χ1v) is 8.92. The number of carbonyl (C=O) groups is 1. The first kappa shape index (κ1) is 19.5. The monoisotopic (exact) mass is 410 g/mol. The van der Waals surface area contributed by atoms with Gasteiger partial charge in [-0.3, -0.25) is 4.79 Å². The molecule has 0 aromatic heterocycles. The molecule has 1 N–H and O–H groups in total. The standard InChI is InChI=1S/C21H19BrN2O2/c1-3-11-26-20-10-7-16(13-19(20)22)12-17(14-23)21(25)24-18-8-5-15(4-2)6-9-18/h3,5-10,12-13H,1,4,11H2,2H3,(H,24,25)/b17-12+. The van der Waals surface area contributed by atoms with Crippen LogP contribution in [0.15, 0.2) is 65.2 Å². The van der Waals surface area contributed by atoms with Crippen LogP contribution in [0.5, 0.6) is 5.75 Å². The summed E-state index contributed by atoms with van der Waals surface area (Å²) in [6.07, 6.45) is 4.13. The van der Waals surface area contributed by atoms with Gasteiger partial charge >= 0.3 is 0 Å². The molecule has 0 saturated carbocycles. The van der Waals surface area contributed by atoms with Gasteiger partial charge in [-0.15, -0.1) is 0 Å². The molecule has 4 nitrogen and oxygen atoms in total. The third-order valence-corrected chi connectivity index (χ3v) is 4.23. The number of hydrogen-bond donors (Lipinski definition) is 1. The molecule has 0 spiro atoms. The third kappa shape index (κ3) is 5.33.